The van der Waals surface area contributed by atoms with Gasteiger partial charge in [-0.15, -0.1) is 0 Å². The second kappa shape index (κ2) is 7.39. The highest BCUT2D eigenvalue weighted by molar-refractivity contribution is 6.30. The van der Waals surface area contributed by atoms with Crippen LogP contribution in [0.15, 0.2) is 24.3 Å². The fourth-order valence-corrected chi connectivity index (χ4v) is 1.94. The number of nitrogens with two attached hydrogens (primary N) is 1. The first-order chi connectivity index (χ1) is 8.56. The predicted octanol–water partition coefficient (Wildman–Crippen LogP) is 2.82. The highest BCUT2D eigenvalue weighted by Crippen LogP contribution is 2.13. The van der Waals surface area contributed by atoms with Crippen molar-refractivity contribution in [2.75, 3.05) is 6.54 Å². The number of benzene rings is 1. The van der Waals surface area contributed by atoms with E-state index in [0.29, 0.717) is 24.5 Å². The van der Waals surface area contributed by atoms with Crippen LogP contribution in [0, 0.1) is 0 Å². The number of amides is 1. The Bertz CT molecular complexity index is 395. The summed E-state index contributed by atoms with van der Waals surface area (Å²) in [5.74, 6) is 0.104. The van der Waals surface area contributed by atoms with Crippen LogP contribution in [0.4, 0.5) is 0 Å². The lowest BCUT2D eigenvalue weighted by Gasteiger charge is -2.22. The van der Waals surface area contributed by atoms with Gasteiger partial charge in [-0.25, -0.2) is 0 Å². The summed E-state index contributed by atoms with van der Waals surface area (Å²) in [6.07, 6.45) is 1.23. The lowest BCUT2D eigenvalue weighted by Crippen LogP contribution is -2.35. The van der Waals surface area contributed by atoms with Gasteiger partial charge >= 0.3 is 0 Å². The summed E-state index contributed by atoms with van der Waals surface area (Å²) < 4.78 is 0. The van der Waals surface area contributed by atoms with Gasteiger partial charge in [-0.3, -0.25) is 4.79 Å². The van der Waals surface area contributed by atoms with Gasteiger partial charge in [0.15, 0.2) is 0 Å². The van der Waals surface area contributed by atoms with Gasteiger partial charge < -0.3 is 10.6 Å². The van der Waals surface area contributed by atoms with Crippen LogP contribution < -0.4 is 5.73 Å². The average molecular weight is 269 g/mol. The van der Waals surface area contributed by atoms with Crippen molar-refractivity contribution in [3.63, 3.8) is 0 Å². The van der Waals surface area contributed by atoms with E-state index in [9.17, 15) is 4.79 Å². The maximum absolute atomic E-state index is 12.0. The van der Waals surface area contributed by atoms with Gasteiger partial charge in [0, 0.05) is 30.6 Å². The summed E-state index contributed by atoms with van der Waals surface area (Å²) >= 11 is 5.93. The highest BCUT2D eigenvalue weighted by Gasteiger charge is 2.15. The SMILES string of the molecule is CCC(N)CC(=O)N(CC)Cc1cccc(Cl)c1. The molecule has 1 atom stereocenters. The van der Waals surface area contributed by atoms with E-state index in [1.807, 2.05) is 38.1 Å². The first kappa shape index (κ1) is 15.0. The number of hydrogen-bond acceptors (Lipinski definition) is 2. The molecule has 0 spiro atoms. The van der Waals surface area contributed by atoms with Gasteiger partial charge in [-0.05, 0) is 31.0 Å². The highest BCUT2D eigenvalue weighted by atomic mass is 35.5. The van der Waals surface area contributed by atoms with Crippen molar-refractivity contribution in [2.45, 2.75) is 39.3 Å². The van der Waals surface area contributed by atoms with Crippen LogP contribution in [0.1, 0.15) is 32.3 Å². The molecule has 0 bridgehead atoms. The first-order valence-electron chi connectivity index (χ1n) is 6.34. The zero-order chi connectivity index (χ0) is 13.5. The van der Waals surface area contributed by atoms with Crippen LogP contribution in [0.25, 0.3) is 0 Å². The van der Waals surface area contributed by atoms with Gasteiger partial charge in [0.2, 0.25) is 5.91 Å². The van der Waals surface area contributed by atoms with Crippen LogP contribution in [0.2, 0.25) is 5.02 Å². The number of carbonyl (C=O) groups excluding carboxylic acids is 1. The van der Waals surface area contributed by atoms with Gasteiger partial charge in [0.25, 0.3) is 0 Å². The lowest BCUT2D eigenvalue weighted by molar-refractivity contribution is -0.132. The Morgan fingerprint density at radius 2 is 2.17 bits per heavy atom. The summed E-state index contributed by atoms with van der Waals surface area (Å²) in [6.45, 7) is 5.24. The molecule has 1 rings (SSSR count). The molecule has 0 saturated carbocycles. The van der Waals surface area contributed by atoms with Gasteiger partial charge in [0.05, 0.1) is 0 Å². The molecule has 0 aliphatic carbocycles. The van der Waals surface area contributed by atoms with Gasteiger partial charge in [-0.1, -0.05) is 30.7 Å². The fraction of sp³-hybridized carbons (Fsp3) is 0.500. The van der Waals surface area contributed by atoms with Gasteiger partial charge in [0.1, 0.15) is 0 Å². The fourth-order valence-electron chi connectivity index (χ4n) is 1.73. The first-order valence-corrected chi connectivity index (χ1v) is 6.72. The van der Waals surface area contributed by atoms with Crippen LogP contribution >= 0.6 is 11.6 Å². The molecule has 4 heteroatoms. The molecule has 1 aromatic rings. The zero-order valence-corrected chi connectivity index (χ0v) is 11.8. The summed E-state index contributed by atoms with van der Waals surface area (Å²) in [7, 11) is 0. The molecular formula is C14H21ClN2O. The number of halogens is 1. The standard InChI is InChI=1S/C14H21ClN2O/c1-3-13(16)9-14(18)17(4-2)10-11-6-5-7-12(15)8-11/h5-8,13H,3-4,9-10,16H2,1-2H3. The molecule has 3 nitrogen and oxygen atoms in total. The number of hydrogen-bond donors (Lipinski definition) is 1. The van der Waals surface area contributed by atoms with Crippen molar-refractivity contribution in [1.29, 1.82) is 0 Å². The number of carbonyl (C=O) groups is 1. The smallest absolute Gasteiger partial charge is 0.224 e. The Kier molecular flexibility index (Phi) is 6.16. The quantitative estimate of drug-likeness (QED) is 0.862. The molecule has 1 unspecified atom stereocenters. The van der Waals surface area contributed by atoms with E-state index in [1.165, 1.54) is 0 Å². The molecule has 0 saturated heterocycles. The average Bonchev–Trinajstić information content (AvgIpc) is 2.35. The normalized spacial score (nSPS) is 12.2. The minimum absolute atomic E-state index is 0.0501. The predicted molar refractivity (Wildman–Crippen MR) is 75.4 cm³/mol. The second-order valence-corrected chi connectivity index (χ2v) is 4.85. The molecule has 0 aliphatic rings. The third kappa shape index (κ3) is 4.67. The Labute approximate surface area is 114 Å². The molecule has 0 fully saturated rings. The van der Waals surface area contributed by atoms with E-state index < -0.39 is 0 Å². The molecule has 0 aliphatic heterocycles. The van der Waals surface area contributed by atoms with Crippen molar-refractivity contribution in [3.8, 4) is 0 Å². The molecular weight excluding hydrogens is 248 g/mol. The molecule has 1 aromatic carbocycles. The van der Waals surface area contributed by atoms with E-state index >= 15 is 0 Å². The molecule has 0 aromatic heterocycles. The van der Waals surface area contributed by atoms with Crippen molar-refractivity contribution in [2.24, 2.45) is 5.73 Å². The largest absolute Gasteiger partial charge is 0.339 e. The third-order valence-corrected chi connectivity index (χ3v) is 3.19. The van der Waals surface area contributed by atoms with Crippen molar-refractivity contribution < 1.29 is 4.79 Å². The van der Waals surface area contributed by atoms with Crippen molar-refractivity contribution >= 4 is 17.5 Å². The Morgan fingerprint density at radius 1 is 1.44 bits per heavy atom. The molecule has 100 valence electrons. The minimum Gasteiger partial charge on any atom is -0.339 e. The summed E-state index contributed by atoms with van der Waals surface area (Å²) in [5, 5.41) is 0.696. The molecule has 2 N–H and O–H groups in total. The lowest BCUT2D eigenvalue weighted by atomic mass is 10.1. The summed E-state index contributed by atoms with van der Waals surface area (Å²) in [4.78, 5) is 13.9. The minimum atomic E-state index is -0.0501. The zero-order valence-electron chi connectivity index (χ0n) is 11.0. The van der Waals surface area contributed by atoms with E-state index in [-0.39, 0.29) is 11.9 Å². The van der Waals surface area contributed by atoms with Crippen molar-refractivity contribution in [1.82, 2.24) is 4.90 Å². The van der Waals surface area contributed by atoms with Crippen LogP contribution in [0.5, 0.6) is 0 Å². The summed E-state index contributed by atoms with van der Waals surface area (Å²) in [5.41, 5.74) is 6.86. The monoisotopic (exact) mass is 268 g/mol. The summed E-state index contributed by atoms with van der Waals surface area (Å²) in [6, 6.07) is 7.54. The van der Waals surface area contributed by atoms with E-state index in [4.69, 9.17) is 17.3 Å². The number of rotatable bonds is 6. The van der Waals surface area contributed by atoms with Crippen LogP contribution in [0.3, 0.4) is 0 Å². The second-order valence-electron chi connectivity index (χ2n) is 4.41. The Hall–Kier alpha value is -1.06. The molecule has 1 amide bonds. The van der Waals surface area contributed by atoms with E-state index in [0.717, 1.165) is 12.0 Å². The van der Waals surface area contributed by atoms with E-state index in [1.54, 1.807) is 4.90 Å². The van der Waals surface area contributed by atoms with Crippen molar-refractivity contribution in [3.05, 3.63) is 34.9 Å². The van der Waals surface area contributed by atoms with Crippen LogP contribution in [-0.2, 0) is 11.3 Å². The van der Waals surface area contributed by atoms with Crippen LogP contribution in [-0.4, -0.2) is 23.4 Å². The Balaban J connectivity index is 2.64. The molecule has 0 radical (unpaired) electrons. The maximum Gasteiger partial charge on any atom is 0.224 e. The van der Waals surface area contributed by atoms with Gasteiger partial charge in [-0.2, -0.15) is 0 Å². The third-order valence-electron chi connectivity index (χ3n) is 2.96. The molecule has 0 heterocycles. The topological polar surface area (TPSA) is 46.3 Å². The Morgan fingerprint density at radius 3 is 2.72 bits per heavy atom. The molecule has 18 heavy (non-hydrogen) atoms. The maximum atomic E-state index is 12.0. The number of nitrogens with zero attached hydrogens (tertiary/aromatic N) is 1. The van der Waals surface area contributed by atoms with E-state index in [2.05, 4.69) is 0 Å².